The van der Waals surface area contributed by atoms with Crippen LogP contribution in [0.5, 0.6) is 0 Å². The highest BCUT2D eigenvalue weighted by Crippen LogP contribution is 1.96. The van der Waals surface area contributed by atoms with Crippen molar-refractivity contribution in [1.29, 1.82) is 0 Å². The van der Waals surface area contributed by atoms with Gasteiger partial charge in [-0.15, -0.1) is 11.5 Å². The van der Waals surface area contributed by atoms with Crippen LogP contribution in [0.4, 0.5) is 0 Å². The van der Waals surface area contributed by atoms with Crippen molar-refractivity contribution in [3.63, 3.8) is 0 Å². The Labute approximate surface area is 101 Å². The lowest BCUT2D eigenvalue weighted by molar-refractivity contribution is -0.122. The van der Waals surface area contributed by atoms with Crippen LogP contribution in [-0.2, 0) is 17.9 Å². The van der Waals surface area contributed by atoms with Crippen molar-refractivity contribution in [3.05, 3.63) is 11.9 Å². The standard InChI is InChI=1S/C11H17N5O/c1-3-5-9(4-2)13-11(17)8-16-7-10(6-12)14-15-16/h2,7,9H,3,5-6,8,12H2,1H3,(H,13,17). The molecular formula is C11H17N5O. The molecule has 1 aromatic rings. The molecule has 3 N–H and O–H groups in total. The zero-order valence-corrected chi connectivity index (χ0v) is 9.89. The lowest BCUT2D eigenvalue weighted by atomic mass is 10.2. The van der Waals surface area contributed by atoms with Crippen molar-refractivity contribution < 1.29 is 4.79 Å². The normalized spacial score (nSPS) is 11.8. The van der Waals surface area contributed by atoms with Crippen molar-refractivity contribution in [2.45, 2.75) is 38.9 Å². The molecule has 1 unspecified atom stereocenters. The monoisotopic (exact) mass is 235 g/mol. The van der Waals surface area contributed by atoms with Crippen LogP contribution in [-0.4, -0.2) is 26.9 Å². The Morgan fingerprint density at radius 2 is 2.53 bits per heavy atom. The van der Waals surface area contributed by atoms with E-state index >= 15 is 0 Å². The van der Waals surface area contributed by atoms with Gasteiger partial charge in [0.1, 0.15) is 6.54 Å². The molecule has 6 nitrogen and oxygen atoms in total. The summed E-state index contributed by atoms with van der Waals surface area (Å²) in [7, 11) is 0. The highest BCUT2D eigenvalue weighted by molar-refractivity contribution is 5.76. The van der Waals surface area contributed by atoms with Crippen LogP contribution in [0, 0.1) is 12.3 Å². The molecule has 1 amide bonds. The summed E-state index contributed by atoms with van der Waals surface area (Å²) >= 11 is 0. The molecule has 0 bridgehead atoms. The van der Waals surface area contributed by atoms with Gasteiger partial charge in [0, 0.05) is 6.54 Å². The largest absolute Gasteiger partial charge is 0.341 e. The van der Waals surface area contributed by atoms with Gasteiger partial charge in [-0.2, -0.15) is 0 Å². The van der Waals surface area contributed by atoms with Gasteiger partial charge in [0.25, 0.3) is 0 Å². The van der Waals surface area contributed by atoms with E-state index in [1.165, 1.54) is 4.68 Å². The first kappa shape index (κ1) is 13.2. The molecule has 0 radical (unpaired) electrons. The number of hydrogen-bond acceptors (Lipinski definition) is 4. The molecule has 0 aliphatic carbocycles. The van der Waals surface area contributed by atoms with Crippen LogP contribution in [0.1, 0.15) is 25.5 Å². The van der Waals surface area contributed by atoms with Gasteiger partial charge in [-0.3, -0.25) is 4.79 Å². The average Bonchev–Trinajstić information content (AvgIpc) is 2.76. The first-order valence-corrected chi connectivity index (χ1v) is 5.54. The van der Waals surface area contributed by atoms with E-state index in [0.29, 0.717) is 12.2 Å². The minimum absolute atomic E-state index is 0.106. The minimum atomic E-state index is -0.218. The molecule has 0 spiro atoms. The van der Waals surface area contributed by atoms with Crippen molar-refractivity contribution in [1.82, 2.24) is 20.3 Å². The van der Waals surface area contributed by atoms with Gasteiger partial charge in [-0.05, 0) is 6.42 Å². The van der Waals surface area contributed by atoms with Crippen molar-refractivity contribution in [2.75, 3.05) is 0 Å². The molecule has 1 atom stereocenters. The number of nitrogens with two attached hydrogens (primary N) is 1. The van der Waals surface area contributed by atoms with Crippen LogP contribution >= 0.6 is 0 Å². The van der Waals surface area contributed by atoms with E-state index in [1.54, 1.807) is 6.20 Å². The lowest BCUT2D eigenvalue weighted by Gasteiger charge is -2.11. The molecule has 0 fully saturated rings. The zero-order chi connectivity index (χ0) is 12.7. The van der Waals surface area contributed by atoms with Gasteiger partial charge in [-0.1, -0.05) is 24.5 Å². The summed E-state index contributed by atoms with van der Waals surface area (Å²) < 4.78 is 1.44. The third-order valence-corrected chi connectivity index (χ3v) is 2.21. The van der Waals surface area contributed by atoms with Gasteiger partial charge < -0.3 is 11.1 Å². The topological polar surface area (TPSA) is 85.8 Å². The fraction of sp³-hybridized carbons (Fsp3) is 0.545. The molecular weight excluding hydrogens is 218 g/mol. The predicted octanol–water partition coefficient (Wildman–Crippen LogP) is -0.345. The highest BCUT2D eigenvalue weighted by atomic mass is 16.2. The minimum Gasteiger partial charge on any atom is -0.341 e. The number of terminal acetylenes is 1. The second-order valence-electron chi connectivity index (χ2n) is 3.69. The first-order valence-electron chi connectivity index (χ1n) is 5.54. The molecule has 6 heteroatoms. The van der Waals surface area contributed by atoms with Crippen molar-refractivity contribution in [3.8, 4) is 12.3 Å². The van der Waals surface area contributed by atoms with Crippen LogP contribution in [0.15, 0.2) is 6.20 Å². The summed E-state index contributed by atoms with van der Waals surface area (Å²) in [6.07, 6.45) is 8.65. The van der Waals surface area contributed by atoms with Gasteiger partial charge >= 0.3 is 0 Å². The Bertz CT molecular complexity index is 406. The van der Waals surface area contributed by atoms with E-state index < -0.39 is 0 Å². The number of nitrogens with zero attached hydrogens (tertiary/aromatic N) is 3. The summed E-state index contributed by atoms with van der Waals surface area (Å²) in [4.78, 5) is 11.6. The molecule has 0 aliphatic heterocycles. The van der Waals surface area contributed by atoms with Crippen LogP contribution in [0.25, 0.3) is 0 Å². The van der Waals surface area contributed by atoms with Gasteiger partial charge in [-0.25, -0.2) is 4.68 Å². The number of rotatable bonds is 6. The quantitative estimate of drug-likeness (QED) is 0.660. The van der Waals surface area contributed by atoms with Gasteiger partial charge in [0.2, 0.25) is 5.91 Å². The molecule has 17 heavy (non-hydrogen) atoms. The molecule has 92 valence electrons. The summed E-state index contributed by atoms with van der Waals surface area (Å²) in [6, 6.07) is -0.218. The Balaban J connectivity index is 2.46. The Morgan fingerprint density at radius 1 is 1.76 bits per heavy atom. The van der Waals surface area contributed by atoms with Crippen LogP contribution in [0.2, 0.25) is 0 Å². The maximum absolute atomic E-state index is 11.6. The number of hydrogen-bond donors (Lipinski definition) is 2. The second kappa shape index (κ2) is 6.66. The number of nitrogens with one attached hydrogen (secondary N) is 1. The lowest BCUT2D eigenvalue weighted by Crippen LogP contribution is -2.36. The maximum atomic E-state index is 11.6. The van der Waals surface area contributed by atoms with Crippen molar-refractivity contribution >= 4 is 5.91 Å². The van der Waals surface area contributed by atoms with Crippen LogP contribution < -0.4 is 11.1 Å². The molecule has 0 saturated heterocycles. The predicted molar refractivity (Wildman–Crippen MR) is 63.6 cm³/mol. The number of carbonyl (C=O) groups excluding carboxylic acids is 1. The average molecular weight is 235 g/mol. The SMILES string of the molecule is C#CC(CCC)NC(=O)Cn1cc(CN)nn1. The summed E-state index contributed by atoms with van der Waals surface area (Å²) in [6.45, 7) is 2.43. The third kappa shape index (κ3) is 4.25. The number of aromatic nitrogens is 3. The van der Waals surface area contributed by atoms with E-state index in [2.05, 4.69) is 21.5 Å². The fourth-order valence-corrected chi connectivity index (χ4v) is 1.38. The summed E-state index contributed by atoms with van der Waals surface area (Å²) in [5.74, 6) is 2.37. The molecule has 0 aromatic carbocycles. The molecule has 0 aliphatic rings. The Kier molecular flexibility index (Phi) is 5.17. The van der Waals surface area contributed by atoms with E-state index in [9.17, 15) is 4.79 Å². The molecule has 1 aromatic heterocycles. The Hall–Kier alpha value is -1.87. The molecule has 1 rings (SSSR count). The van der Waals surface area contributed by atoms with E-state index in [4.69, 9.17) is 12.2 Å². The zero-order valence-electron chi connectivity index (χ0n) is 9.89. The van der Waals surface area contributed by atoms with E-state index in [-0.39, 0.29) is 18.5 Å². The van der Waals surface area contributed by atoms with Gasteiger partial charge in [0.15, 0.2) is 0 Å². The molecule has 1 heterocycles. The smallest absolute Gasteiger partial charge is 0.242 e. The third-order valence-electron chi connectivity index (χ3n) is 2.21. The summed E-state index contributed by atoms with van der Waals surface area (Å²) in [5.41, 5.74) is 6.05. The van der Waals surface area contributed by atoms with E-state index in [0.717, 1.165) is 12.8 Å². The molecule has 0 saturated carbocycles. The summed E-state index contributed by atoms with van der Waals surface area (Å²) in [5, 5.41) is 10.3. The number of carbonyl (C=O) groups is 1. The number of amides is 1. The second-order valence-corrected chi connectivity index (χ2v) is 3.69. The first-order chi connectivity index (χ1) is 8.19. The van der Waals surface area contributed by atoms with Crippen molar-refractivity contribution in [2.24, 2.45) is 5.73 Å². The highest BCUT2D eigenvalue weighted by Gasteiger charge is 2.10. The van der Waals surface area contributed by atoms with Gasteiger partial charge in [0.05, 0.1) is 17.9 Å². The fourth-order valence-electron chi connectivity index (χ4n) is 1.38. The maximum Gasteiger partial charge on any atom is 0.242 e. The Morgan fingerprint density at radius 3 is 3.06 bits per heavy atom. The van der Waals surface area contributed by atoms with Crippen LogP contribution in [0.3, 0.4) is 0 Å². The van der Waals surface area contributed by atoms with E-state index in [1.807, 2.05) is 6.92 Å².